The molecule has 0 saturated carbocycles. The summed E-state index contributed by atoms with van der Waals surface area (Å²) < 4.78 is 26.7. The van der Waals surface area contributed by atoms with E-state index < -0.39 is 22.0 Å². The highest BCUT2D eigenvalue weighted by Gasteiger charge is 2.28. The van der Waals surface area contributed by atoms with Crippen molar-refractivity contribution in [3.8, 4) is 0 Å². The molecule has 0 radical (unpaired) electrons. The van der Waals surface area contributed by atoms with Gasteiger partial charge in [-0.1, -0.05) is 44.2 Å². The zero-order chi connectivity index (χ0) is 23.1. The van der Waals surface area contributed by atoms with Crippen LogP contribution < -0.4 is 5.32 Å². The first-order valence-electron chi connectivity index (χ1n) is 11.1. The first kappa shape index (κ1) is 23.9. The monoisotopic (exact) mass is 457 g/mol. The van der Waals surface area contributed by atoms with Crippen molar-refractivity contribution in [1.82, 2.24) is 14.5 Å². The molecule has 1 heterocycles. The van der Waals surface area contributed by atoms with E-state index in [1.54, 1.807) is 18.7 Å². The van der Waals surface area contributed by atoms with Crippen LogP contribution in [0.2, 0.25) is 0 Å². The number of nitrogens with zero attached hydrogens (tertiary/aromatic N) is 2. The van der Waals surface area contributed by atoms with E-state index in [1.165, 1.54) is 28.6 Å². The van der Waals surface area contributed by atoms with E-state index in [-0.39, 0.29) is 10.8 Å². The van der Waals surface area contributed by atoms with Gasteiger partial charge in [-0.25, -0.2) is 8.42 Å². The fraction of sp³-hybridized carbons (Fsp3) is 0.417. The van der Waals surface area contributed by atoms with Gasteiger partial charge in [0.2, 0.25) is 15.9 Å². The quantitative estimate of drug-likeness (QED) is 0.627. The third kappa shape index (κ3) is 5.55. The zero-order valence-electron chi connectivity index (χ0n) is 18.7. The number of sulfonamides is 1. The number of nitrogens with one attached hydrogen (secondary N) is 1. The van der Waals surface area contributed by atoms with Crippen molar-refractivity contribution in [2.45, 2.75) is 44.0 Å². The summed E-state index contributed by atoms with van der Waals surface area (Å²) in [6, 6.07) is 14.8. The molecule has 172 valence electrons. The van der Waals surface area contributed by atoms with Gasteiger partial charge in [0.1, 0.15) is 6.04 Å². The molecule has 0 aromatic heterocycles. The van der Waals surface area contributed by atoms with Gasteiger partial charge in [-0.3, -0.25) is 9.59 Å². The number of amides is 2. The number of carbonyl (C=O) groups is 2. The molecule has 3 rings (SSSR count). The Balaban J connectivity index is 1.77. The van der Waals surface area contributed by atoms with Crippen molar-refractivity contribution in [1.29, 1.82) is 0 Å². The second-order valence-corrected chi connectivity index (χ2v) is 9.80. The van der Waals surface area contributed by atoms with Crippen LogP contribution >= 0.6 is 0 Å². The van der Waals surface area contributed by atoms with Crippen LogP contribution in [0.1, 0.15) is 42.6 Å². The molecular formula is C24H31N3O4S. The third-order valence-electron chi connectivity index (χ3n) is 5.76. The molecule has 1 unspecified atom stereocenters. The topological polar surface area (TPSA) is 86.8 Å². The lowest BCUT2D eigenvalue weighted by atomic mass is 10.0. The van der Waals surface area contributed by atoms with Crippen LogP contribution in [-0.2, 0) is 21.2 Å². The van der Waals surface area contributed by atoms with Crippen LogP contribution in [0, 0.1) is 0 Å². The molecule has 1 aliphatic rings. The van der Waals surface area contributed by atoms with Gasteiger partial charge in [0, 0.05) is 38.2 Å². The minimum atomic E-state index is -3.59. The average molecular weight is 458 g/mol. The predicted molar refractivity (Wildman–Crippen MR) is 124 cm³/mol. The second-order valence-electron chi connectivity index (χ2n) is 7.86. The van der Waals surface area contributed by atoms with Crippen molar-refractivity contribution in [2.75, 3.05) is 26.2 Å². The lowest BCUT2D eigenvalue weighted by Gasteiger charge is -2.24. The van der Waals surface area contributed by atoms with E-state index in [4.69, 9.17) is 0 Å². The predicted octanol–water partition coefficient (Wildman–Crippen LogP) is 2.68. The van der Waals surface area contributed by atoms with Crippen LogP contribution in [0.4, 0.5) is 0 Å². The molecule has 1 N–H and O–H groups in total. The van der Waals surface area contributed by atoms with Crippen molar-refractivity contribution in [3.63, 3.8) is 0 Å². The Bertz CT molecular complexity index is 1010. The fourth-order valence-electron chi connectivity index (χ4n) is 3.94. The molecule has 1 saturated heterocycles. The largest absolute Gasteiger partial charge is 0.341 e. The van der Waals surface area contributed by atoms with Gasteiger partial charge in [0.05, 0.1) is 4.90 Å². The molecule has 0 spiro atoms. The Hall–Kier alpha value is -2.71. The third-order valence-corrected chi connectivity index (χ3v) is 7.83. The lowest BCUT2D eigenvalue weighted by Crippen LogP contribution is -2.49. The minimum Gasteiger partial charge on any atom is -0.341 e. The molecule has 7 nitrogen and oxygen atoms in total. The SMILES string of the molecule is CCN(CC)S(=O)(=O)c1ccc(C(=O)NC(Cc2ccccc2)C(=O)N2CCCC2)cc1. The smallest absolute Gasteiger partial charge is 0.251 e. The fourth-order valence-corrected chi connectivity index (χ4v) is 5.40. The maximum absolute atomic E-state index is 13.1. The van der Waals surface area contributed by atoms with Crippen LogP contribution in [0.5, 0.6) is 0 Å². The summed E-state index contributed by atoms with van der Waals surface area (Å²) in [5.41, 5.74) is 1.28. The van der Waals surface area contributed by atoms with Gasteiger partial charge >= 0.3 is 0 Å². The Morgan fingerprint density at radius 3 is 2.12 bits per heavy atom. The number of hydrogen-bond donors (Lipinski definition) is 1. The van der Waals surface area contributed by atoms with E-state index in [1.807, 2.05) is 30.3 Å². The Kier molecular flexibility index (Phi) is 8.04. The van der Waals surface area contributed by atoms with Crippen molar-refractivity contribution >= 4 is 21.8 Å². The number of likely N-dealkylation sites (tertiary alicyclic amines) is 1. The Labute approximate surface area is 190 Å². The second kappa shape index (κ2) is 10.7. The summed E-state index contributed by atoms with van der Waals surface area (Å²) in [7, 11) is -3.59. The van der Waals surface area contributed by atoms with E-state index >= 15 is 0 Å². The number of rotatable bonds is 9. The molecule has 2 amide bonds. The minimum absolute atomic E-state index is 0.0829. The van der Waals surface area contributed by atoms with Crippen LogP contribution in [0.25, 0.3) is 0 Å². The standard InChI is InChI=1S/C24H31N3O4S/c1-3-27(4-2)32(30,31)21-14-12-20(13-15-21)23(28)25-22(18-19-10-6-5-7-11-19)24(29)26-16-8-9-17-26/h5-7,10-15,22H,3-4,8-9,16-18H2,1-2H3,(H,25,28). The number of hydrogen-bond acceptors (Lipinski definition) is 4. The molecule has 8 heteroatoms. The summed E-state index contributed by atoms with van der Waals surface area (Å²) in [6.45, 7) is 5.73. The van der Waals surface area contributed by atoms with E-state index in [2.05, 4.69) is 5.32 Å². The summed E-state index contributed by atoms with van der Waals surface area (Å²) >= 11 is 0. The van der Waals surface area contributed by atoms with Crippen LogP contribution in [-0.4, -0.2) is 61.7 Å². The number of carbonyl (C=O) groups excluding carboxylic acids is 2. The van der Waals surface area contributed by atoms with Crippen molar-refractivity contribution in [3.05, 3.63) is 65.7 Å². The molecular weight excluding hydrogens is 426 g/mol. The van der Waals surface area contributed by atoms with Crippen LogP contribution in [0.15, 0.2) is 59.5 Å². The van der Waals surface area contributed by atoms with Gasteiger partial charge in [-0.05, 0) is 42.7 Å². The zero-order valence-corrected chi connectivity index (χ0v) is 19.5. The number of benzene rings is 2. The molecule has 2 aromatic carbocycles. The summed E-state index contributed by atoms with van der Waals surface area (Å²) in [6.07, 6.45) is 2.34. The van der Waals surface area contributed by atoms with Gasteiger partial charge < -0.3 is 10.2 Å². The Morgan fingerprint density at radius 1 is 0.969 bits per heavy atom. The molecule has 0 aliphatic carbocycles. The van der Waals surface area contributed by atoms with E-state index in [0.717, 1.165) is 18.4 Å². The van der Waals surface area contributed by atoms with E-state index in [9.17, 15) is 18.0 Å². The first-order chi connectivity index (χ1) is 15.4. The molecule has 2 aromatic rings. The summed E-state index contributed by atoms with van der Waals surface area (Å²) in [4.78, 5) is 27.9. The molecule has 32 heavy (non-hydrogen) atoms. The van der Waals surface area contributed by atoms with Crippen molar-refractivity contribution < 1.29 is 18.0 Å². The first-order valence-corrected chi connectivity index (χ1v) is 12.5. The molecule has 1 aliphatic heterocycles. The molecule has 1 fully saturated rings. The maximum atomic E-state index is 13.1. The van der Waals surface area contributed by atoms with Gasteiger partial charge in [-0.2, -0.15) is 4.31 Å². The summed E-state index contributed by atoms with van der Waals surface area (Å²) in [5, 5.41) is 2.87. The lowest BCUT2D eigenvalue weighted by molar-refractivity contribution is -0.132. The highest BCUT2D eigenvalue weighted by Crippen LogP contribution is 2.17. The normalized spacial score (nSPS) is 15.0. The molecule has 0 bridgehead atoms. The summed E-state index contributed by atoms with van der Waals surface area (Å²) in [5.74, 6) is -0.481. The van der Waals surface area contributed by atoms with Crippen molar-refractivity contribution in [2.24, 2.45) is 0 Å². The van der Waals surface area contributed by atoms with Gasteiger partial charge in [0.15, 0.2) is 0 Å². The highest BCUT2D eigenvalue weighted by atomic mass is 32.2. The highest BCUT2D eigenvalue weighted by molar-refractivity contribution is 7.89. The Morgan fingerprint density at radius 2 is 1.56 bits per heavy atom. The van der Waals surface area contributed by atoms with Crippen LogP contribution in [0.3, 0.4) is 0 Å². The average Bonchev–Trinajstić information content (AvgIpc) is 3.34. The van der Waals surface area contributed by atoms with Gasteiger partial charge in [-0.15, -0.1) is 0 Å². The van der Waals surface area contributed by atoms with E-state index in [0.29, 0.717) is 38.2 Å². The van der Waals surface area contributed by atoms with Gasteiger partial charge in [0.25, 0.3) is 5.91 Å². The maximum Gasteiger partial charge on any atom is 0.251 e. The molecule has 1 atom stereocenters.